The summed E-state index contributed by atoms with van der Waals surface area (Å²) in [5.41, 5.74) is 5.64. The molecule has 1 aliphatic rings. The summed E-state index contributed by atoms with van der Waals surface area (Å²) in [5, 5.41) is 21.2. The van der Waals surface area contributed by atoms with Crippen LogP contribution in [0.3, 0.4) is 0 Å². The van der Waals surface area contributed by atoms with Gasteiger partial charge in [-0.25, -0.2) is 0 Å². The Bertz CT molecular complexity index is 333. The van der Waals surface area contributed by atoms with Gasteiger partial charge in [-0.05, 0) is 50.9 Å². The van der Waals surface area contributed by atoms with Crippen LogP contribution < -0.4 is 11.1 Å². The van der Waals surface area contributed by atoms with Crippen molar-refractivity contribution in [2.24, 2.45) is 17.6 Å². The number of nitrogens with one attached hydrogen (secondary N) is 1. The van der Waals surface area contributed by atoms with Gasteiger partial charge in [0.15, 0.2) is 0 Å². The van der Waals surface area contributed by atoms with E-state index >= 15 is 0 Å². The van der Waals surface area contributed by atoms with Crippen LogP contribution >= 0.6 is 0 Å². The normalized spacial score (nSPS) is 24.5. The predicted octanol–water partition coefficient (Wildman–Crippen LogP) is 0.940. The van der Waals surface area contributed by atoms with E-state index in [0.717, 1.165) is 25.8 Å². The summed E-state index contributed by atoms with van der Waals surface area (Å²) in [4.78, 5) is 12.0. The van der Waals surface area contributed by atoms with Gasteiger partial charge in [0.1, 0.15) is 5.78 Å². The number of carbonyl (C=O) groups is 1. The zero-order valence-electron chi connectivity index (χ0n) is 13.6. The van der Waals surface area contributed by atoms with E-state index in [2.05, 4.69) is 19.2 Å². The Morgan fingerprint density at radius 3 is 2.48 bits per heavy atom. The van der Waals surface area contributed by atoms with Crippen molar-refractivity contribution >= 4 is 12.9 Å². The van der Waals surface area contributed by atoms with E-state index in [4.69, 9.17) is 15.8 Å². The smallest absolute Gasteiger partial charge is 0.427 e. The quantitative estimate of drug-likeness (QED) is 0.356. The lowest BCUT2D eigenvalue weighted by Crippen LogP contribution is -2.60. The molecule has 6 heteroatoms. The minimum atomic E-state index is -1.26. The molecule has 0 bridgehead atoms. The second kappa shape index (κ2) is 8.27. The van der Waals surface area contributed by atoms with Gasteiger partial charge in [-0.2, -0.15) is 0 Å². The first kappa shape index (κ1) is 18.6. The standard InChI is InChI=1S/C15H31BN2O3/c1-11(2)10-18-14-8-13(9-14)15(17,12(3)19)6-4-5-7-16(20)21/h11,13-14,18,20-21H,4-10,17H2,1-3H3. The molecule has 1 atom stereocenters. The van der Waals surface area contributed by atoms with Crippen molar-refractivity contribution in [1.29, 1.82) is 0 Å². The number of ketones is 1. The van der Waals surface area contributed by atoms with E-state index in [-0.39, 0.29) is 11.7 Å². The number of nitrogens with two attached hydrogens (primary N) is 1. The largest absolute Gasteiger partial charge is 0.451 e. The van der Waals surface area contributed by atoms with Crippen LogP contribution in [-0.4, -0.2) is 41.1 Å². The number of carbonyl (C=O) groups excluding carboxylic acids is 1. The molecule has 1 rings (SSSR count). The van der Waals surface area contributed by atoms with Crippen LogP contribution in [0.25, 0.3) is 0 Å². The SMILES string of the molecule is CC(=O)C(N)(CCCCB(O)O)C1CC(NCC(C)C)C1. The molecule has 21 heavy (non-hydrogen) atoms. The summed E-state index contributed by atoms with van der Waals surface area (Å²) in [6, 6.07) is 0.485. The monoisotopic (exact) mass is 298 g/mol. The maximum absolute atomic E-state index is 12.0. The highest BCUT2D eigenvalue weighted by molar-refractivity contribution is 6.40. The second-order valence-electron chi connectivity index (χ2n) is 6.99. The summed E-state index contributed by atoms with van der Waals surface area (Å²) < 4.78 is 0. The fourth-order valence-corrected chi connectivity index (χ4v) is 3.02. The van der Waals surface area contributed by atoms with E-state index < -0.39 is 12.7 Å². The molecule has 5 N–H and O–H groups in total. The summed E-state index contributed by atoms with van der Waals surface area (Å²) in [6.07, 6.45) is 4.35. The Kier molecular flexibility index (Phi) is 7.34. The first-order valence-corrected chi connectivity index (χ1v) is 8.15. The van der Waals surface area contributed by atoms with Crippen molar-refractivity contribution in [1.82, 2.24) is 5.32 Å². The summed E-state index contributed by atoms with van der Waals surface area (Å²) >= 11 is 0. The molecular weight excluding hydrogens is 267 g/mol. The number of hydrogen-bond acceptors (Lipinski definition) is 5. The molecule has 0 saturated heterocycles. The van der Waals surface area contributed by atoms with Gasteiger partial charge in [0.05, 0.1) is 5.54 Å². The molecule has 1 aliphatic carbocycles. The Morgan fingerprint density at radius 2 is 2.00 bits per heavy atom. The number of Topliss-reactive ketones (excluding diaryl/α,β-unsaturated/α-hetero) is 1. The molecule has 5 nitrogen and oxygen atoms in total. The van der Waals surface area contributed by atoms with Crippen molar-refractivity contribution in [2.45, 2.75) is 70.8 Å². The van der Waals surface area contributed by atoms with Crippen LogP contribution in [-0.2, 0) is 4.79 Å². The van der Waals surface area contributed by atoms with Gasteiger partial charge < -0.3 is 21.1 Å². The van der Waals surface area contributed by atoms with Crippen LogP contribution in [0.15, 0.2) is 0 Å². The van der Waals surface area contributed by atoms with Crippen LogP contribution in [0, 0.1) is 11.8 Å². The molecule has 1 unspecified atom stereocenters. The van der Waals surface area contributed by atoms with Crippen molar-refractivity contribution in [3.63, 3.8) is 0 Å². The van der Waals surface area contributed by atoms with Gasteiger partial charge >= 0.3 is 7.12 Å². The van der Waals surface area contributed by atoms with Gasteiger partial charge in [-0.1, -0.05) is 26.7 Å². The minimum Gasteiger partial charge on any atom is -0.427 e. The third-order valence-electron chi connectivity index (χ3n) is 4.64. The lowest BCUT2D eigenvalue weighted by molar-refractivity contribution is -0.126. The maximum atomic E-state index is 12.0. The van der Waals surface area contributed by atoms with Crippen LogP contribution in [0.2, 0.25) is 6.32 Å². The van der Waals surface area contributed by atoms with Crippen LogP contribution in [0.5, 0.6) is 0 Å². The topological polar surface area (TPSA) is 95.6 Å². The maximum Gasteiger partial charge on any atom is 0.451 e. The van der Waals surface area contributed by atoms with Gasteiger partial charge in [0.2, 0.25) is 0 Å². The molecule has 1 saturated carbocycles. The highest BCUT2D eigenvalue weighted by Gasteiger charge is 2.45. The average Bonchev–Trinajstić information content (AvgIpc) is 2.31. The van der Waals surface area contributed by atoms with Gasteiger partial charge in [-0.15, -0.1) is 0 Å². The highest BCUT2D eigenvalue weighted by atomic mass is 16.4. The Hall–Kier alpha value is -0.425. The fourth-order valence-electron chi connectivity index (χ4n) is 3.02. The highest BCUT2D eigenvalue weighted by Crippen LogP contribution is 2.38. The molecule has 122 valence electrons. The molecule has 0 spiro atoms. The Balaban J connectivity index is 2.38. The lowest BCUT2D eigenvalue weighted by Gasteiger charge is -2.46. The second-order valence-corrected chi connectivity index (χ2v) is 6.99. The molecule has 0 heterocycles. The summed E-state index contributed by atoms with van der Waals surface area (Å²) in [7, 11) is -1.26. The first-order valence-electron chi connectivity index (χ1n) is 8.15. The minimum absolute atomic E-state index is 0.0550. The summed E-state index contributed by atoms with van der Waals surface area (Å²) in [5.74, 6) is 0.933. The zero-order chi connectivity index (χ0) is 16.0. The molecule has 0 aromatic heterocycles. The van der Waals surface area contributed by atoms with E-state index in [9.17, 15) is 4.79 Å². The molecule has 1 fully saturated rings. The lowest BCUT2D eigenvalue weighted by atomic mass is 9.64. The van der Waals surface area contributed by atoms with Crippen LogP contribution in [0.1, 0.15) is 52.9 Å². The first-order chi connectivity index (χ1) is 9.75. The molecular formula is C15H31BN2O3. The average molecular weight is 298 g/mol. The fraction of sp³-hybridized carbons (Fsp3) is 0.933. The van der Waals surface area contributed by atoms with Gasteiger partial charge in [0.25, 0.3) is 0 Å². The van der Waals surface area contributed by atoms with Crippen molar-refractivity contribution in [3.05, 3.63) is 0 Å². The number of unbranched alkanes of at least 4 members (excludes halogenated alkanes) is 1. The molecule has 0 aliphatic heterocycles. The molecule has 0 amide bonds. The van der Waals surface area contributed by atoms with E-state index in [1.54, 1.807) is 6.92 Å². The van der Waals surface area contributed by atoms with Gasteiger partial charge in [0, 0.05) is 6.04 Å². The third kappa shape index (κ3) is 5.70. The molecule has 0 radical (unpaired) electrons. The van der Waals surface area contributed by atoms with Crippen molar-refractivity contribution in [3.8, 4) is 0 Å². The van der Waals surface area contributed by atoms with Crippen LogP contribution in [0.4, 0.5) is 0 Å². The molecule has 0 aromatic rings. The predicted molar refractivity (Wildman–Crippen MR) is 85.8 cm³/mol. The Morgan fingerprint density at radius 1 is 1.38 bits per heavy atom. The molecule has 0 aromatic carbocycles. The van der Waals surface area contributed by atoms with Crippen molar-refractivity contribution in [2.75, 3.05) is 6.54 Å². The summed E-state index contributed by atoms with van der Waals surface area (Å²) in [6.45, 7) is 6.95. The van der Waals surface area contributed by atoms with Crippen molar-refractivity contribution < 1.29 is 14.8 Å². The van der Waals surface area contributed by atoms with E-state index in [1.165, 1.54) is 0 Å². The Labute approximate surface area is 128 Å². The van der Waals surface area contributed by atoms with Gasteiger partial charge in [-0.3, -0.25) is 4.79 Å². The van der Waals surface area contributed by atoms with E-state index in [0.29, 0.717) is 31.1 Å². The van der Waals surface area contributed by atoms with E-state index in [1.807, 2.05) is 0 Å². The number of hydrogen-bond donors (Lipinski definition) is 4. The number of rotatable bonds is 10. The third-order valence-corrected chi connectivity index (χ3v) is 4.64. The zero-order valence-corrected chi connectivity index (χ0v) is 13.6.